The van der Waals surface area contributed by atoms with E-state index in [4.69, 9.17) is 4.74 Å². The van der Waals surface area contributed by atoms with Crippen LogP contribution in [0.25, 0.3) is 0 Å². The number of aromatic hydroxyl groups is 1. The molecule has 0 aromatic heterocycles. The van der Waals surface area contributed by atoms with Gasteiger partial charge in [-0.05, 0) is 63.3 Å². The molecule has 0 spiro atoms. The highest BCUT2D eigenvalue weighted by Crippen LogP contribution is 2.28. The van der Waals surface area contributed by atoms with Gasteiger partial charge in [-0.15, -0.1) is 0 Å². The first kappa shape index (κ1) is 35.7. The molecule has 0 heterocycles. The van der Waals surface area contributed by atoms with Crippen molar-refractivity contribution in [1.82, 2.24) is 15.5 Å². The Morgan fingerprint density at radius 1 is 1.02 bits per heavy atom. The van der Waals surface area contributed by atoms with Crippen LogP contribution in [-0.4, -0.2) is 65.7 Å². The number of rotatable bonds is 16. The van der Waals surface area contributed by atoms with Gasteiger partial charge in [0.2, 0.25) is 11.8 Å². The van der Waals surface area contributed by atoms with Crippen LogP contribution in [0.1, 0.15) is 104 Å². The van der Waals surface area contributed by atoms with Gasteiger partial charge in [-0.2, -0.15) is 0 Å². The standard InChI is InChI=1S/C31H51N3O7/c1-9-11-12-13-14-15-18-34(29(38)26(21(3)10-2)33-30(39)41-31(5,6)7)27(28(37)32-20-25(36)40-8)23-16-17-24(35)22(4)19-23/h16-17,19,21,26-27,35H,9-15,18,20H2,1-8H3,(H,32,37)(H,33,39). The predicted octanol–water partition coefficient (Wildman–Crippen LogP) is 5.16. The van der Waals surface area contributed by atoms with Crippen molar-refractivity contribution in [3.8, 4) is 5.75 Å². The van der Waals surface area contributed by atoms with Gasteiger partial charge in [0.1, 0.15) is 30.0 Å². The Hall–Kier alpha value is -3.30. The molecule has 0 saturated heterocycles. The highest BCUT2D eigenvalue weighted by atomic mass is 16.6. The molecule has 3 atom stereocenters. The summed E-state index contributed by atoms with van der Waals surface area (Å²) in [5.41, 5.74) is 0.248. The number of hydrogen-bond acceptors (Lipinski definition) is 7. The molecule has 0 radical (unpaired) electrons. The van der Waals surface area contributed by atoms with Crippen LogP contribution >= 0.6 is 0 Å². The average molecular weight is 578 g/mol. The number of phenolic OH excluding ortho intramolecular Hbond substituents is 1. The van der Waals surface area contributed by atoms with Crippen LogP contribution in [0.4, 0.5) is 4.79 Å². The Morgan fingerprint density at radius 2 is 1.66 bits per heavy atom. The Bertz CT molecular complexity index is 1010. The minimum atomic E-state index is -1.12. The number of nitrogens with zero attached hydrogens (tertiary/aromatic N) is 1. The van der Waals surface area contributed by atoms with E-state index in [1.54, 1.807) is 39.8 Å². The van der Waals surface area contributed by atoms with Crippen molar-refractivity contribution in [2.24, 2.45) is 5.92 Å². The van der Waals surface area contributed by atoms with Crippen molar-refractivity contribution in [3.63, 3.8) is 0 Å². The number of phenols is 1. The topological polar surface area (TPSA) is 134 Å². The molecule has 0 aliphatic carbocycles. The number of ether oxygens (including phenoxy) is 2. The van der Waals surface area contributed by atoms with Crippen molar-refractivity contribution in [3.05, 3.63) is 29.3 Å². The van der Waals surface area contributed by atoms with E-state index < -0.39 is 41.6 Å². The van der Waals surface area contributed by atoms with Gasteiger partial charge >= 0.3 is 12.1 Å². The monoisotopic (exact) mass is 577 g/mol. The lowest BCUT2D eigenvalue weighted by Gasteiger charge is -2.36. The number of esters is 1. The maximum absolute atomic E-state index is 14.3. The molecule has 10 heteroatoms. The maximum Gasteiger partial charge on any atom is 0.408 e. The largest absolute Gasteiger partial charge is 0.508 e. The molecule has 0 fully saturated rings. The van der Waals surface area contributed by atoms with Gasteiger partial charge in [-0.1, -0.05) is 65.4 Å². The zero-order valence-electron chi connectivity index (χ0n) is 26.2. The van der Waals surface area contributed by atoms with Crippen LogP contribution in [0.5, 0.6) is 5.75 Å². The molecule has 10 nitrogen and oxygen atoms in total. The summed E-state index contributed by atoms with van der Waals surface area (Å²) >= 11 is 0. The molecule has 3 amide bonds. The van der Waals surface area contributed by atoms with Gasteiger partial charge in [-0.25, -0.2) is 4.79 Å². The number of alkyl carbamates (subject to hydrolysis) is 1. The number of carbonyl (C=O) groups is 4. The molecule has 0 bridgehead atoms. The normalized spacial score (nSPS) is 13.5. The van der Waals surface area contributed by atoms with Crippen LogP contribution in [0.15, 0.2) is 18.2 Å². The summed E-state index contributed by atoms with van der Waals surface area (Å²) in [6, 6.07) is 2.65. The van der Waals surface area contributed by atoms with E-state index in [0.29, 0.717) is 24.0 Å². The van der Waals surface area contributed by atoms with Crippen molar-refractivity contribution in [2.75, 3.05) is 20.2 Å². The van der Waals surface area contributed by atoms with E-state index >= 15 is 0 Å². The average Bonchev–Trinajstić information content (AvgIpc) is 2.91. The molecular weight excluding hydrogens is 526 g/mol. The highest BCUT2D eigenvalue weighted by molar-refractivity contribution is 5.93. The molecular formula is C31H51N3O7. The Morgan fingerprint density at radius 3 is 2.22 bits per heavy atom. The molecule has 0 aliphatic heterocycles. The summed E-state index contributed by atoms with van der Waals surface area (Å²) in [5, 5.41) is 15.5. The lowest BCUT2D eigenvalue weighted by Crippen LogP contribution is -2.55. The van der Waals surface area contributed by atoms with E-state index in [-0.39, 0.29) is 24.8 Å². The molecule has 1 aromatic carbocycles. The summed E-state index contributed by atoms with van der Waals surface area (Å²) in [6.07, 6.45) is 5.70. The fourth-order valence-electron chi connectivity index (χ4n) is 4.38. The van der Waals surface area contributed by atoms with Crippen LogP contribution in [0.2, 0.25) is 0 Å². The number of hydrogen-bond donors (Lipinski definition) is 3. The number of methoxy groups -OCH3 is 1. The molecule has 232 valence electrons. The van der Waals surface area contributed by atoms with Gasteiger partial charge in [-0.3, -0.25) is 14.4 Å². The minimum Gasteiger partial charge on any atom is -0.508 e. The predicted molar refractivity (Wildman–Crippen MR) is 158 cm³/mol. The Kier molecular flexibility index (Phi) is 15.2. The lowest BCUT2D eigenvalue weighted by atomic mass is 9.95. The van der Waals surface area contributed by atoms with E-state index in [0.717, 1.165) is 32.1 Å². The molecule has 3 unspecified atom stereocenters. The first-order valence-corrected chi connectivity index (χ1v) is 14.7. The highest BCUT2D eigenvalue weighted by Gasteiger charge is 2.38. The summed E-state index contributed by atoms with van der Waals surface area (Å²) in [4.78, 5) is 54.1. The van der Waals surface area contributed by atoms with Crippen molar-refractivity contribution >= 4 is 23.9 Å². The van der Waals surface area contributed by atoms with Crippen molar-refractivity contribution in [2.45, 2.75) is 111 Å². The second-order valence-corrected chi connectivity index (χ2v) is 11.6. The molecule has 1 rings (SSSR count). The summed E-state index contributed by atoms with van der Waals surface area (Å²) in [5.74, 6) is -1.83. The van der Waals surface area contributed by atoms with E-state index in [9.17, 15) is 24.3 Å². The third-order valence-corrected chi connectivity index (χ3v) is 6.92. The summed E-state index contributed by atoms with van der Waals surface area (Å²) in [7, 11) is 1.22. The quantitative estimate of drug-likeness (QED) is 0.182. The van der Waals surface area contributed by atoms with Gasteiger partial charge in [0.15, 0.2) is 0 Å². The smallest absolute Gasteiger partial charge is 0.408 e. The number of aryl methyl sites for hydroxylation is 1. The molecule has 0 aliphatic rings. The van der Waals surface area contributed by atoms with Gasteiger partial charge in [0, 0.05) is 6.54 Å². The van der Waals surface area contributed by atoms with Crippen molar-refractivity contribution < 1.29 is 33.8 Å². The van der Waals surface area contributed by atoms with E-state index in [1.165, 1.54) is 18.1 Å². The fraction of sp³-hybridized carbons (Fsp3) is 0.677. The third kappa shape index (κ3) is 12.4. The van der Waals surface area contributed by atoms with Gasteiger partial charge in [0.25, 0.3) is 0 Å². The molecule has 41 heavy (non-hydrogen) atoms. The summed E-state index contributed by atoms with van der Waals surface area (Å²) < 4.78 is 10.1. The number of carbonyl (C=O) groups excluding carboxylic acids is 4. The van der Waals surface area contributed by atoms with Crippen LogP contribution in [0.3, 0.4) is 0 Å². The Balaban J connectivity index is 3.53. The Labute approximate surface area is 245 Å². The van der Waals surface area contributed by atoms with E-state index in [1.807, 2.05) is 13.8 Å². The fourth-order valence-corrected chi connectivity index (χ4v) is 4.38. The van der Waals surface area contributed by atoms with E-state index in [2.05, 4.69) is 22.3 Å². The van der Waals surface area contributed by atoms with Crippen molar-refractivity contribution in [1.29, 1.82) is 0 Å². The third-order valence-electron chi connectivity index (χ3n) is 6.92. The van der Waals surface area contributed by atoms with Gasteiger partial charge in [0.05, 0.1) is 7.11 Å². The number of unbranched alkanes of at least 4 members (excludes halogenated alkanes) is 5. The molecule has 1 aromatic rings. The number of amides is 3. The number of nitrogens with one attached hydrogen (secondary N) is 2. The lowest BCUT2D eigenvalue weighted by molar-refractivity contribution is -0.145. The number of benzene rings is 1. The minimum absolute atomic E-state index is 0.0559. The molecule has 3 N–H and O–H groups in total. The van der Waals surface area contributed by atoms with Crippen LogP contribution < -0.4 is 10.6 Å². The SMILES string of the molecule is CCCCCCCCN(C(=O)C(NC(=O)OC(C)(C)C)C(C)CC)C(C(=O)NCC(=O)OC)c1ccc(O)c(C)c1. The second kappa shape index (κ2) is 17.5. The second-order valence-electron chi connectivity index (χ2n) is 11.6. The van der Waals surface area contributed by atoms with Crippen LogP contribution in [0, 0.1) is 12.8 Å². The van der Waals surface area contributed by atoms with Gasteiger partial charge < -0.3 is 30.1 Å². The summed E-state index contributed by atoms with van der Waals surface area (Å²) in [6.45, 7) is 12.7. The maximum atomic E-state index is 14.3. The first-order chi connectivity index (χ1) is 19.2. The zero-order chi connectivity index (χ0) is 31.2. The zero-order valence-corrected chi connectivity index (χ0v) is 26.2. The van der Waals surface area contributed by atoms with Crippen LogP contribution in [-0.2, 0) is 23.9 Å². The first-order valence-electron chi connectivity index (χ1n) is 14.7. The molecule has 0 saturated carbocycles.